The van der Waals surface area contributed by atoms with Crippen molar-refractivity contribution in [3.8, 4) is 0 Å². The summed E-state index contributed by atoms with van der Waals surface area (Å²) in [5.41, 5.74) is 0. The van der Waals surface area contributed by atoms with Crippen LogP contribution >= 0.6 is 0 Å². The Morgan fingerprint density at radius 1 is 1.40 bits per heavy atom. The molecular formula is C8H17O2. The van der Waals surface area contributed by atoms with Crippen molar-refractivity contribution in [1.82, 2.24) is 0 Å². The molecule has 0 aliphatic heterocycles. The van der Waals surface area contributed by atoms with Crippen LogP contribution in [-0.2, 0) is 10.1 Å². The van der Waals surface area contributed by atoms with Gasteiger partial charge in [0.25, 0.3) is 0 Å². The summed E-state index contributed by atoms with van der Waals surface area (Å²) in [7, 11) is 0. The van der Waals surface area contributed by atoms with Crippen molar-refractivity contribution in [3.63, 3.8) is 0 Å². The molecule has 0 bridgehead atoms. The highest BCUT2D eigenvalue weighted by molar-refractivity contribution is 4.54. The van der Waals surface area contributed by atoms with E-state index in [-0.39, 0.29) is 0 Å². The largest absolute Gasteiger partial charge is 0.204 e. The summed E-state index contributed by atoms with van der Waals surface area (Å²) in [4.78, 5) is 3.84. The maximum Gasteiger partial charge on any atom is 0.0883 e. The molecule has 1 radical (unpaired) electrons. The van der Waals surface area contributed by atoms with Gasteiger partial charge in [-0.2, -0.15) is 0 Å². The third-order valence-corrected chi connectivity index (χ3v) is 1.85. The third-order valence-electron chi connectivity index (χ3n) is 1.85. The van der Waals surface area contributed by atoms with Crippen LogP contribution in [0.2, 0.25) is 0 Å². The highest BCUT2D eigenvalue weighted by atomic mass is 17.1. The van der Waals surface area contributed by atoms with E-state index in [1.54, 1.807) is 0 Å². The molecule has 0 aromatic carbocycles. The first kappa shape index (κ1) is 9.92. The zero-order valence-corrected chi connectivity index (χ0v) is 6.93. The molecule has 0 aromatic rings. The molecule has 2 heteroatoms. The Hall–Kier alpha value is -0.0800. The minimum Gasteiger partial charge on any atom is -0.204 e. The van der Waals surface area contributed by atoms with Crippen molar-refractivity contribution in [2.24, 2.45) is 5.92 Å². The van der Waals surface area contributed by atoms with E-state index in [1.807, 2.05) is 0 Å². The van der Waals surface area contributed by atoms with E-state index in [0.717, 1.165) is 12.8 Å². The Morgan fingerprint density at radius 3 is 2.50 bits per heavy atom. The van der Waals surface area contributed by atoms with Crippen molar-refractivity contribution in [3.05, 3.63) is 0 Å². The number of unbranched alkanes of at least 4 members (excludes halogenated alkanes) is 1. The Morgan fingerprint density at radius 2 is 2.10 bits per heavy atom. The zero-order chi connectivity index (χ0) is 7.82. The minimum absolute atomic E-state index is 0.385. The second kappa shape index (κ2) is 7.03. The first-order chi connectivity index (χ1) is 4.85. The van der Waals surface area contributed by atoms with E-state index in [9.17, 15) is 5.26 Å². The van der Waals surface area contributed by atoms with E-state index in [2.05, 4.69) is 18.7 Å². The van der Waals surface area contributed by atoms with Crippen LogP contribution in [0.3, 0.4) is 0 Å². The molecule has 0 spiro atoms. The first-order valence-corrected chi connectivity index (χ1v) is 4.09. The molecule has 0 rings (SSSR count). The van der Waals surface area contributed by atoms with E-state index in [4.69, 9.17) is 0 Å². The van der Waals surface area contributed by atoms with Crippen molar-refractivity contribution >= 4 is 0 Å². The Labute approximate surface area is 63.1 Å². The fourth-order valence-electron chi connectivity index (χ4n) is 0.994. The zero-order valence-electron chi connectivity index (χ0n) is 6.93. The highest BCUT2D eigenvalue weighted by Crippen LogP contribution is 2.11. The Balaban J connectivity index is 3.21. The van der Waals surface area contributed by atoms with Gasteiger partial charge in [-0.25, -0.2) is 4.89 Å². The SMILES string of the molecule is CCCCC(CC)CO[O]. The van der Waals surface area contributed by atoms with Gasteiger partial charge in [0.05, 0.1) is 6.61 Å². The maximum atomic E-state index is 9.76. The molecule has 1 unspecified atom stereocenters. The Bertz CT molecular complexity index is 64.3. The van der Waals surface area contributed by atoms with Crippen molar-refractivity contribution in [1.29, 1.82) is 0 Å². The third kappa shape index (κ3) is 4.77. The summed E-state index contributed by atoms with van der Waals surface area (Å²) in [6.45, 7) is 4.64. The minimum atomic E-state index is 0.385. The van der Waals surface area contributed by atoms with Crippen LogP contribution in [0.1, 0.15) is 39.5 Å². The predicted octanol–water partition coefficient (Wildman–Crippen LogP) is 2.56. The van der Waals surface area contributed by atoms with Gasteiger partial charge in [-0.3, -0.25) is 0 Å². The number of hydrogen-bond donors (Lipinski definition) is 0. The monoisotopic (exact) mass is 145 g/mol. The average Bonchev–Trinajstić information content (AvgIpc) is 1.98. The molecule has 0 aliphatic carbocycles. The lowest BCUT2D eigenvalue weighted by molar-refractivity contribution is -0.310. The maximum absolute atomic E-state index is 9.76. The summed E-state index contributed by atoms with van der Waals surface area (Å²) >= 11 is 0. The van der Waals surface area contributed by atoms with Gasteiger partial charge < -0.3 is 0 Å². The molecule has 0 saturated heterocycles. The quantitative estimate of drug-likeness (QED) is 0.417. The van der Waals surface area contributed by atoms with Gasteiger partial charge in [-0.15, -0.1) is 0 Å². The predicted molar refractivity (Wildman–Crippen MR) is 39.9 cm³/mol. The summed E-state index contributed by atoms with van der Waals surface area (Å²) < 4.78 is 0. The van der Waals surface area contributed by atoms with Crippen LogP contribution in [0.25, 0.3) is 0 Å². The smallest absolute Gasteiger partial charge is 0.0883 e. The molecule has 2 nitrogen and oxygen atoms in total. The second-order valence-corrected chi connectivity index (χ2v) is 2.70. The summed E-state index contributed by atoms with van der Waals surface area (Å²) in [5, 5.41) is 9.76. The van der Waals surface area contributed by atoms with Gasteiger partial charge in [0.15, 0.2) is 0 Å². The van der Waals surface area contributed by atoms with E-state index >= 15 is 0 Å². The lowest BCUT2D eigenvalue weighted by atomic mass is 10.0. The summed E-state index contributed by atoms with van der Waals surface area (Å²) in [6.07, 6.45) is 4.61. The van der Waals surface area contributed by atoms with Gasteiger partial charge >= 0.3 is 0 Å². The molecule has 0 fully saturated rings. The lowest BCUT2D eigenvalue weighted by Gasteiger charge is -2.09. The fourth-order valence-corrected chi connectivity index (χ4v) is 0.994. The fraction of sp³-hybridized carbons (Fsp3) is 1.00. The highest BCUT2D eigenvalue weighted by Gasteiger charge is 2.04. The first-order valence-electron chi connectivity index (χ1n) is 4.09. The van der Waals surface area contributed by atoms with Gasteiger partial charge in [-0.1, -0.05) is 33.1 Å². The molecule has 10 heavy (non-hydrogen) atoms. The molecular weight excluding hydrogens is 128 g/mol. The summed E-state index contributed by atoms with van der Waals surface area (Å²) in [5.74, 6) is 0.484. The van der Waals surface area contributed by atoms with E-state index in [1.165, 1.54) is 12.8 Å². The Kier molecular flexibility index (Phi) is 6.98. The van der Waals surface area contributed by atoms with Gasteiger partial charge in [0.1, 0.15) is 0 Å². The van der Waals surface area contributed by atoms with Crippen LogP contribution in [0.15, 0.2) is 0 Å². The molecule has 0 amide bonds. The van der Waals surface area contributed by atoms with E-state index < -0.39 is 0 Å². The van der Waals surface area contributed by atoms with Crippen LogP contribution in [-0.4, -0.2) is 6.61 Å². The van der Waals surface area contributed by atoms with Crippen LogP contribution < -0.4 is 0 Å². The normalized spacial score (nSPS) is 13.5. The van der Waals surface area contributed by atoms with Crippen LogP contribution in [0, 0.1) is 5.92 Å². The van der Waals surface area contributed by atoms with Crippen LogP contribution in [0.4, 0.5) is 0 Å². The van der Waals surface area contributed by atoms with Crippen molar-refractivity contribution in [2.45, 2.75) is 39.5 Å². The van der Waals surface area contributed by atoms with Gasteiger partial charge in [0.2, 0.25) is 0 Å². The second-order valence-electron chi connectivity index (χ2n) is 2.70. The van der Waals surface area contributed by atoms with E-state index in [0.29, 0.717) is 12.5 Å². The topological polar surface area (TPSA) is 29.1 Å². The molecule has 0 saturated carbocycles. The lowest BCUT2D eigenvalue weighted by Crippen LogP contribution is -2.05. The van der Waals surface area contributed by atoms with Crippen molar-refractivity contribution < 1.29 is 10.1 Å². The average molecular weight is 145 g/mol. The standard InChI is InChI=1S/C8H17O2/c1-3-5-6-8(4-2)7-10-9/h8H,3-7H2,1-2H3. The van der Waals surface area contributed by atoms with Crippen molar-refractivity contribution in [2.75, 3.05) is 6.61 Å². The van der Waals surface area contributed by atoms with Gasteiger partial charge in [-0.05, 0) is 17.6 Å². The van der Waals surface area contributed by atoms with Crippen LogP contribution in [0.5, 0.6) is 0 Å². The van der Waals surface area contributed by atoms with Gasteiger partial charge in [0, 0.05) is 0 Å². The molecule has 61 valence electrons. The molecule has 0 aliphatic rings. The number of hydrogen-bond acceptors (Lipinski definition) is 1. The molecule has 1 atom stereocenters. The number of rotatable bonds is 6. The molecule has 0 N–H and O–H groups in total. The molecule has 0 aromatic heterocycles. The molecule has 0 heterocycles. The summed E-state index contributed by atoms with van der Waals surface area (Å²) in [6, 6.07) is 0.